The van der Waals surface area contributed by atoms with Crippen LogP contribution in [0.1, 0.15) is 41.5 Å². The Hall–Kier alpha value is -2.50. The minimum absolute atomic E-state index is 0.0963. The second kappa shape index (κ2) is 5.85. The molecule has 2 aromatic rings. The molecular formula is C18H24N2O4. The number of carbonyl (C=O) groups is 2. The Morgan fingerprint density at radius 2 is 1.71 bits per heavy atom. The van der Waals surface area contributed by atoms with Gasteiger partial charge in [0.2, 0.25) is 0 Å². The van der Waals surface area contributed by atoms with E-state index in [2.05, 4.69) is 25.3 Å². The summed E-state index contributed by atoms with van der Waals surface area (Å²) >= 11 is 0. The summed E-state index contributed by atoms with van der Waals surface area (Å²) in [7, 11) is 0. The van der Waals surface area contributed by atoms with E-state index in [0.717, 1.165) is 10.9 Å². The molecule has 0 aliphatic carbocycles. The average molecular weight is 332 g/mol. The number of imide groups is 1. The van der Waals surface area contributed by atoms with Crippen molar-refractivity contribution >= 4 is 28.8 Å². The molecule has 1 heterocycles. The van der Waals surface area contributed by atoms with Crippen molar-refractivity contribution in [3.63, 3.8) is 0 Å². The number of benzene rings is 1. The molecule has 2 amide bonds. The lowest BCUT2D eigenvalue weighted by Crippen LogP contribution is -2.40. The number of amides is 2. The van der Waals surface area contributed by atoms with Gasteiger partial charge < -0.3 is 14.4 Å². The van der Waals surface area contributed by atoms with Crippen LogP contribution in [0.4, 0.5) is 15.3 Å². The minimum Gasteiger partial charge on any atom is -0.464 e. The van der Waals surface area contributed by atoms with Crippen molar-refractivity contribution < 1.29 is 19.4 Å². The Balaban J connectivity index is 2.45. The predicted octanol–water partition coefficient (Wildman–Crippen LogP) is 4.82. The van der Waals surface area contributed by atoms with Crippen LogP contribution in [-0.2, 0) is 10.3 Å². The zero-order valence-electron chi connectivity index (χ0n) is 15.0. The van der Waals surface area contributed by atoms with Gasteiger partial charge >= 0.3 is 12.2 Å². The second-order valence-electron chi connectivity index (χ2n) is 7.70. The highest BCUT2D eigenvalue weighted by Gasteiger charge is 2.29. The number of hydrogen-bond acceptors (Lipinski definition) is 3. The van der Waals surface area contributed by atoms with Gasteiger partial charge in [-0.1, -0.05) is 0 Å². The van der Waals surface area contributed by atoms with E-state index in [1.807, 2.05) is 18.3 Å². The largest absolute Gasteiger partial charge is 0.464 e. The number of anilines is 1. The molecule has 0 saturated heterocycles. The van der Waals surface area contributed by atoms with E-state index in [0.29, 0.717) is 4.90 Å². The van der Waals surface area contributed by atoms with Gasteiger partial charge in [-0.25, -0.2) is 9.59 Å². The minimum atomic E-state index is -1.38. The first-order valence-electron chi connectivity index (χ1n) is 7.78. The Labute approximate surface area is 141 Å². The topological polar surface area (TPSA) is 71.8 Å². The molecule has 2 rings (SSSR count). The Morgan fingerprint density at radius 1 is 1.08 bits per heavy atom. The summed E-state index contributed by atoms with van der Waals surface area (Å²) in [4.78, 5) is 24.4. The summed E-state index contributed by atoms with van der Waals surface area (Å²) in [5.41, 5.74) is 0.363. The molecule has 6 nitrogen and oxygen atoms in total. The lowest BCUT2D eigenvalue weighted by molar-refractivity contribution is 0.0582. The fourth-order valence-corrected chi connectivity index (χ4v) is 2.46. The normalized spacial score (nSPS) is 12.2. The number of nitrogens with zero attached hydrogens (tertiary/aromatic N) is 2. The summed E-state index contributed by atoms with van der Waals surface area (Å²) in [6, 6.07) is 7.01. The third kappa shape index (κ3) is 3.69. The number of rotatable bonds is 1. The van der Waals surface area contributed by atoms with Crippen LogP contribution in [-0.4, -0.2) is 27.5 Å². The van der Waals surface area contributed by atoms with Crippen LogP contribution in [0.15, 0.2) is 30.5 Å². The van der Waals surface area contributed by atoms with Crippen molar-refractivity contribution in [3.8, 4) is 0 Å². The van der Waals surface area contributed by atoms with Crippen molar-refractivity contribution in [1.29, 1.82) is 0 Å². The van der Waals surface area contributed by atoms with Gasteiger partial charge in [0.1, 0.15) is 5.60 Å². The van der Waals surface area contributed by atoms with Gasteiger partial charge in [0, 0.05) is 22.6 Å². The third-order valence-electron chi connectivity index (χ3n) is 3.42. The van der Waals surface area contributed by atoms with Crippen LogP contribution in [0.2, 0.25) is 0 Å². The Kier molecular flexibility index (Phi) is 4.35. The number of carbonyl (C=O) groups excluding carboxylic acids is 1. The molecule has 0 aliphatic heterocycles. The van der Waals surface area contributed by atoms with Gasteiger partial charge in [-0.15, -0.1) is 0 Å². The maximum Gasteiger partial charge on any atom is 0.424 e. The van der Waals surface area contributed by atoms with Gasteiger partial charge in [-0.3, -0.25) is 0 Å². The smallest absolute Gasteiger partial charge is 0.424 e. The van der Waals surface area contributed by atoms with E-state index in [9.17, 15) is 14.7 Å². The number of ether oxygens (including phenoxy) is 1. The van der Waals surface area contributed by atoms with E-state index < -0.39 is 17.8 Å². The highest BCUT2D eigenvalue weighted by molar-refractivity contribution is 6.09. The molecule has 0 spiro atoms. The maximum absolute atomic E-state index is 12.2. The molecule has 1 aromatic carbocycles. The fourth-order valence-electron chi connectivity index (χ4n) is 2.46. The number of carboxylic acid groups (broad SMARTS) is 1. The SMILES string of the molecule is CC(C)(C)OC(=O)N(C(=O)O)c1ccc2c(ccn2C(C)(C)C)c1. The summed E-state index contributed by atoms with van der Waals surface area (Å²) in [6.07, 6.45) is -0.337. The first kappa shape index (κ1) is 17.8. The molecule has 0 fully saturated rings. The molecule has 0 saturated carbocycles. The molecule has 0 unspecified atom stereocenters. The summed E-state index contributed by atoms with van der Waals surface area (Å²) in [6.45, 7) is 11.3. The van der Waals surface area contributed by atoms with Crippen LogP contribution >= 0.6 is 0 Å². The summed E-state index contributed by atoms with van der Waals surface area (Å²) < 4.78 is 7.29. The highest BCUT2D eigenvalue weighted by Crippen LogP contribution is 2.28. The first-order chi connectivity index (χ1) is 10.9. The molecule has 0 atom stereocenters. The molecule has 0 aliphatic rings. The molecule has 1 N–H and O–H groups in total. The van der Waals surface area contributed by atoms with Crippen molar-refractivity contribution in [2.75, 3.05) is 4.90 Å². The molecule has 6 heteroatoms. The summed E-state index contributed by atoms with van der Waals surface area (Å²) in [5, 5.41) is 10.3. The number of hydrogen-bond donors (Lipinski definition) is 1. The van der Waals surface area contributed by atoms with Crippen LogP contribution in [0.25, 0.3) is 10.9 Å². The molecule has 1 aromatic heterocycles. The van der Waals surface area contributed by atoms with E-state index in [4.69, 9.17) is 4.74 Å². The first-order valence-corrected chi connectivity index (χ1v) is 7.78. The quantitative estimate of drug-likeness (QED) is 0.813. The van der Waals surface area contributed by atoms with E-state index in [1.165, 1.54) is 0 Å². The van der Waals surface area contributed by atoms with Crippen LogP contribution in [0.5, 0.6) is 0 Å². The Morgan fingerprint density at radius 3 is 2.21 bits per heavy atom. The van der Waals surface area contributed by atoms with Crippen LogP contribution in [0.3, 0.4) is 0 Å². The summed E-state index contributed by atoms with van der Waals surface area (Å²) in [5.74, 6) is 0. The monoisotopic (exact) mass is 332 g/mol. The standard InChI is InChI=1S/C18H24N2O4/c1-17(2,3)19-10-9-12-11-13(7-8-14(12)19)20(15(21)22)16(23)24-18(4,5)6/h7-11H,1-6H3,(H,21,22). The van der Waals surface area contributed by atoms with Crippen molar-refractivity contribution in [3.05, 3.63) is 30.5 Å². The van der Waals surface area contributed by atoms with Gasteiger partial charge in [-0.2, -0.15) is 4.90 Å². The van der Waals surface area contributed by atoms with Gasteiger partial charge in [0.15, 0.2) is 0 Å². The van der Waals surface area contributed by atoms with Crippen molar-refractivity contribution in [2.45, 2.75) is 52.7 Å². The van der Waals surface area contributed by atoms with Crippen molar-refractivity contribution in [1.82, 2.24) is 4.57 Å². The van der Waals surface area contributed by atoms with Gasteiger partial charge in [-0.05, 0) is 65.8 Å². The molecule has 0 radical (unpaired) electrons. The van der Waals surface area contributed by atoms with E-state index >= 15 is 0 Å². The third-order valence-corrected chi connectivity index (χ3v) is 3.42. The lowest BCUT2D eigenvalue weighted by atomic mass is 10.1. The molecule has 0 bridgehead atoms. The number of aromatic nitrogens is 1. The Bertz CT molecular complexity index is 778. The van der Waals surface area contributed by atoms with Crippen LogP contribution < -0.4 is 4.90 Å². The lowest BCUT2D eigenvalue weighted by Gasteiger charge is -2.25. The zero-order valence-corrected chi connectivity index (χ0v) is 15.0. The molecule has 130 valence electrons. The predicted molar refractivity (Wildman–Crippen MR) is 93.7 cm³/mol. The van der Waals surface area contributed by atoms with Gasteiger partial charge in [0.25, 0.3) is 0 Å². The second-order valence-corrected chi connectivity index (χ2v) is 7.70. The van der Waals surface area contributed by atoms with Gasteiger partial charge in [0.05, 0.1) is 5.69 Å². The van der Waals surface area contributed by atoms with E-state index in [-0.39, 0.29) is 11.2 Å². The van der Waals surface area contributed by atoms with Crippen LogP contribution in [0, 0.1) is 0 Å². The van der Waals surface area contributed by atoms with Crippen molar-refractivity contribution in [2.24, 2.45) is 0 Å². The zero-order chi connectivity index (χ0) is 18.3. The average Bonchev–Trinajstić information content (AvgIpc) is 2.78. The number of fused-ring (bicyclic) bond motifs is 1. The molecular weight excluding hydrogens is 308 g/mol. The van der Waals surface area contributed by atoms with E-state index in [1.54, 1.807) is 32.9 Å². The molecule has 24 heavy (non-hydrogen) atoms. The highest BCUT2D eigenvalue weighted by atomic mass is 16.6. The maximum atomic E-state index is 12.2. The fraction of sp³-hybridized carbons (Fsp3) is 0.444.